The number of thiophene rings is 1. The van der Waals surface area contributed by atoms with Gasteiger partial charge in [-0.2, -0.15) is 5.10 Å². The third-order valence-electron chi connectivity index (χ3n) is 5.25. The average molecular weight is 407 g/mol. The fourth-order valence-corrected chi connectivity index (χ4v) is 5.22. The van der Waals surface area contributed by atoms with Gasteiger partial charge in [0.15, 0.2) is 11.5 Å². The van der Waals surface area contributed by atoms with E-state index in [-0.39, 0.29) is 12.2 Å². The fourth-order valence-electron chi connectivity index (χ4n) is 3.94. The number of carboxylic acid groups (broad SMARTS) is 1. The number of fused-ring (bicyclic) bond motifs is 4. The van der Waals surface area contributed by atoms with Crippen LogP contribution in [0, 0.1) is 0 Å². The first kappa shape index (κ1) is 17.7. The summed E-state index contributed by atoms with van der Waals surface area (Å²) < 4.78 is 1.10. The molecule has 0 fully saturated rings. The molecule has 0 radical (unpaired) electrons. The number of aryl methyl sites for hydroxylation is 2. The summed E-state index contributed by atoms with van der Waals surface area (Å²) in [6.07, 6.45) is 4.30. The van der Waals surface area contributed by atoms with Crippen molar-refractivity contribution in [2.45, 2.75) is 32.2 Å². The maximum Gasteiger partial charge on any atom is 0.357 e. The van der Waals surface area contributed by atoms with Gasteiger partial charge in [-0.15, -0.1) is 11.3 Å². The molecule has 0 amide bonds. The third kappa shape index (κ3) is 2.85. The quantitative estimate of drug-likeness (QED) is 0.535. The van der Waals surface area contributed by atoms with Crippen molar-refractivity contribution < 1.29 is 9.90 Å². The van der Waals surface area contributed by atoms with E-state index >= 15 is 0 Å². The summed E-state index contributed by atoms with van der Waals surface area (Å²) in [5.74, 6) is -0.455. The lowest BCUT2D eigenvalue weighted by Crippen LogP contribution is -2.27. The number of nitrogens with two attached hydrogens (primary N) is 1. The second-order valence-electron chi connectivity index (χ2n) is 7.08. The lowest BCUT2D eigenvalue weighted by atomic mass is 9.97. The standard InChI is InChI=1S/C20H17N5O3S/c21-17-15-12-7-3-4-8-13(12)29-18(15)23-14(22-17)9-25-19(26)11-6-2-1-5-10(11)16(24-25)20(27)28/h1-2,5-6H,3-4,7-9H2,(H,27,28)(H2,21,22,23). The van der Waals surface area contributed by atoms with E-state index in [1.165, 1.54) is 10.4 Å². The SMILES string of the molecule is Nc1nc(Cn2nc(C(=O)O)c3ccccc3c2=O)nc2sc3c(c12)CCCC3. The van der Waals surface area contributed by atoms with Gasteiger partial charge in [0.05, 0.1) is 10.8 Å². The highest BCUT2D eigenvalue weighted by Crippen LogP contribution is 2.37. The van der Waals surface area contributed by atoms with Gasteiger partial charge in [0.25, 0.3) is 5.56 Å². The minimum absolute atomic E-state index is 0.0490. The number of benzene rings is 1. The number of rotatable bonds is 3. The predicted octanol–water partition coefficient (Wildman–Crippen LogP) is 2.61. The highest BCUT2D eigenvalue weighted by atomic mass is 32.1. The Hall–Kier alpha value is -3.33. The van der Waals surface area contributed by atoms with Crippen LogP contribution in [0.3, 0.4) is 0 Å². The van der Waals surface area contributed by atoms with Crippen molar-refractivity contribution in [3.63, 3.8) is 0 Å². The van der Waals surface area contributed by atoms with Gasteiger partial charge < -0.3 is 10.8 Å². The predicted molar refractivity (Wildman–Crippen MR) is 111 cm³/mol. The Morgan fingerprint density at radius 1 is 1.17 bits per heavy atom. The first-order valence-electron chi connectivity index (χ1n) is 9.32. The van der Waals surface area contributed by atoms with Crippen molar-refractivity contribution >= 4 is 44.1 Å². The van der Waals surface area contributed by atoms with Crippen LogP contribution in [0.15, 0.2) is 29.1 Å². The van der Waals surface area contributed by atoms with Gasteiger partial charge in [-0.3, -0.25) is 4.79 Å². The van der Waals surface area contributed by atoms with Crippen molar-refractivity contribution in [3.8, 4) is 0 Å². The minimum atomic E-state index is -1.20. The van der Waals surface area contributed by atoms with Crippen LogP contribution < -0.4 is 11.3 Å². The minimum Gasteiger partial charge on any atom is -0.476 e. The molecular formula is C20H17N5O3S. The summed E-state index contributed by atoms with van der Waals surface area (Å²) in [5, 5.41) is 15.1. The molecule has 0 atom stereocenters. The van der Waals surface area contributed by atoms with Crippen LogP contribution in [0.2, 0.25) is 0 Å². The zero-order valence-corrected chi connectivity index (χ0v) is 16.2. The zero-order valence-electron chi connectivity index (χ0n) is 15.4. The Kier molecular flexibility index (Phi) is 4.06. The average Bonchev–Trinajstić information content (AvgIpc) is 3.08. The second kappa shape index (κ2) is 6.63. The van der Waals surface area contributed by atoms with Crippen LogP contribution in [0.4, 0.5) is 5.82 Å². The maximum atomic E-state index is 12.8. The molecule has 3 heterocycles. The van der Waals surface area contributed by atoms with Gasteiger partial charge in [-0.05, 0) is 37.3 Å². The normalized spacial score (nSPS) is 13.7. The Morgan fingerprint density at radius 2 is 1.93 bits per heavy atom. The van der Waals surface area contributed by atoms with Crippen molar-refractivity contribution in [1.29, 1.82) is 0 Å². The molecule has 4 aromatic rings. The lowest BCUT2D eigenvalue weighted by molar-refractivity contribution is 0.0690. The van der Waals surface area contributed by atoms with Gasteiger partial charge in [0.1, 0.15) is 17.2 Å². The summed E-state index contributed by atoms with van der Waals surface area (Å²) in [6, 6.07) is 6.54. The number of nitrogens with zero attached hydrogens (tertiary/aromatic N) is 4. The van der Waals surface area contributed by atoms with Crippen molar-refractivity contribution in [3.05, 3.63) is 56.6 Å². The number of aromatic carboxylic acids is 1. The third-order valence-corrected chi connectivity index (χ3v) is 6.44. The molecule has 0 aliphatic heterocycles. The van der Waals surface area contributed by atoms with Crippen LogP contribution in [0.25, 0.3) is 21.0 Å². The number of hydrogen-bond acceptors (Lipinski definition) is 7. The van der Waals surface area contributed by atoms with Crippen molar-refractivity contribution in [2.75, 3.05) is 5.73 Å². The van der Waals surface area contributed by atoms with E-state index < -0.39 is 11.5 Å². The first-order chi connectivity index (χ1) is 14.0. The number of hydrogen-bond donors (Lipinski definition) is 2. The Balaban J connectivity index is 1.64. The molecule has 3 N–H and O–H groups in total. The van der Waals surface area contributed by atoms with Crippen molar-refractivity contribution in [1.82, 2.24) is 19.7 Å². The summed E-state index contributed by atoms with van der Waals surface area (Å²) in [6.45, 7) is -0.0490. The summed E-state index contributed by atoms with van der Waals surface area (Å²) in [5.41, 5.74) is 6.91. The maximum absolute atomic E-state index is 12.8. The number of anilines is 1. The summed E-state index contributed by atoms with van der Waals surface area (Å²) in [7, 11) is 0. The van der Waals surface area contributed by atoms with Crippen LogP contribution in [-0.4, -0.2) is 30.8 Å². The Labute approximate surface area is 168 Å². The van der Waals surface area contributed by atoms with E-state index in [1.54, 1.807) is 35.6 Å². The van der Waals surface area contributed by atoms with Gasteiger partial charge in [0.2, 0.25) is 0 Å². The molecule has 9 heteroatoms. The molecule has 0 saturated carbocycles. The smallest absolute Gasteiger partial charge is 0.357 e. The van der Waals surface area contributed by atoms with Crippen LogP contribution in [0.5, 0.6) is 0 Å². The zero-order chi connectivity index (χ0) is 20.1. The Bertz CT molecular complexity index is 1360. The molecule has 5 rings (SSSR count). The number of carbonyl (C=O) groups is 1. The van der Waals surface area contributed by atoms with Crippen LogP contribution >= 0.6 is 11.3 Å². The second-order valence-corrected chi connectivity index (χ2v) is 8.16. The molecule has 146 valence electrons. The van der Waals surface area contributed by atoms with Gasteiger partial charge in [-0.1, -0.05) is 18.2 Å². The van der Waals surface area contributed by atoms with E-state index in [4.69, 9.17) is 5.73 Å². The van der Waals surface area contributed by atoms with E-state index in [2.05, 4.69) is 15.1 Å². The molecule has 8 nitrogen and oxygen atoms in total. The van der Waals surface area contributed by atoms with Gasteiger partial charge in [-0.25, -0.2) is 19.4 Å². The van der Waals surface area contributed by atoms with Crippen LogP contribution in [0.1, 0.15) is 39.6 Å². The van der Waals surface area contributed by atoms with E-state index in [1.807, 2.05) is 0 Å². The monoisotopic (exact) mass is 407 g/mol. The largest absolute Gasteiger partial charge is 0.476 e. The molecule has 29 heavy (non-hydrogen) atoms. The fraction of sp³-hybridized carbons (Fsp3) is 0.250. The highest BCUT2D eigenvalue weighted by Gasteiger charge is 2.21. The first-order valence-corrected chi connectivity index (χ1v) is 10.1. The van der Waals surface area contributed by atoms with Crippen LogP contribution in [-0.2, 0) is 19.4 Å². The van der Waals surface area contributed by atoms with E-state index in [9.17, 15) is 14.7 Å². The van der Waals surface area contributed by atoms with Gasteiger partial charge in [0, 0.05) is 10.3 Å². The number of aromatic nitrogens is 4. The molecule has 0 saturated heterocycles. The molecule has 1 aromatic carbocycles. The highest BCUT2D eigenvalue weighted by molar-refractivity contribution is 7.19. The molecule has 0 spiro atoms. The molecular weight excluding hydrogens is 390 g/mol. The number of carboxylic acids is 1. The van der Waals surface area contributed by atoms with E-state index in [0.717, 1.165) is 40.6 Å². The molecule has 0 unspecified atom stereocenters. The molecule has 3 aromatic heterocycles. The van der Waals surface area contributed by atoms with Crippen molar-refractivity contribution in [2.24, 2.45) is 0 Å². The molecule has 1 aliphatic carbocycles. The lowest BCUT2D eigenvalue weighted by Gasteiger charge is -2.11. The Morgan fingerprint density at radius 3 is 2.72 bits per heavy atom. The molecule has 0 bridgehead atoms. The summed E-state index contributed by atoms with van der Waals surface area (Å²) in [4.78, 5) is 35.6. The number of nitrogen functional groups attached to an aromatic ring is 1. The summed E-state index contributed by atoms with van der Waals surface area (Å²) >= 11 is 1.62. The van der Waals surface area contributed by atoms with Gasteiger partial charge >= 0.3 is 5.97 Å². The molecule has 1 aliphatic rings. The van der Waals surface area contributed by atoms with E-state index in [0.29, 0.717) is 22.4 Å². The topological polar surface area (TPSA) is 124 Å².